The van der Waals surface area contributed by atoms with Crippen LogP contribution >= 0.6 is 0 Å². The van der Waals surface area contributed by atoms with Crippen LogP contribution in [0.15, 0.2) is 18.2 Å². The number of rotatable bonds is 2. The number of anilines is 1. The standard InChI is InChI=1S/C15H20N2O3/c1-10-14(16-6-8-20-10)15(18)17-7-5-11-9-12(19-2)3-4-13(11)17/h3-4,9-10,14,16H,5-8H2,1-2H3/t10-,14+/m1/s1. The Morgan fingerprint density at radius 2 is 2.35 bits per heavy atom. The average Bonchev–Trinajstić information content (AvgIpc) is 2.90. The van der Waals surface area contributed by atoms with Crippen LogP contribution < -0.4 is 15.0 Å². The molecule has 0 aromatic heterocycles. The lowest BCUT2D eigenvalue weighted by Crippen LogP contribution is -2.56. The van der Waals surface area contributed by atoms with E-state index in [4.69, 9.17) is 9.47 Å². The number of morpholine rings is 1. The molecule has 0 saturated carbocycles. The molecule has 1 aromatic carbocycles. The molecule has 1 amide bonds. The Balaban J connectivity index is 1.81. The monoisotopic (exact) mass is 276 g/mol. The highest BCUT2D eigenvalue weighted by atomic mass is 16.5. The van der Waals surface area contributed by atoms with Gasteiger partial charge >= 0.3 is 0 Å². The second kappa shape index (κ2) is 5.42. The van der Waals surface area contributed by atoms with Crippen molar-refractivity contribution in [2.45, 2.75) is 25.5 Å². The summed E-state index contributed by atoms with van der Waals surface area (Å²) in [6, 6.07) is 5.62. The van der Waals surface area contributed by atoms with Gasteiger partial charge in [-0.15, -0.1) is 0 Å². The smallest absolute Gasteiger partial charge is 0.246 e. The van der Waals surface area contributed by atoms with Gasteiger partial charge in [-0.2, -0.15) is 0 Å². The average molecular weight is 276 g/mol. The van der Waals surface area contributed by atoms with E-state index in [2.05, 4.69) is 5.32 Å². The fraction of sp³-hybridized carbons (Fsp3) is 0.533. The summed E-state index contributed by atoms with van der Waals surface area (Å²) in [7, 11) is 1.66. The van der Waals surface area contributed by atoms with E-state index < -0.39 is 0 Å². The molecule has 1 fully saturated rings. The number of ether oxygens (including phenoxy) is 2. The third kappa shape index (κ3) is 2.27. The SMILES string of the molecule is COc1ccc2c(c1)CCN2C(=O)[C@H]1NCCO[C@@H]1C. The van der Waals surface area contributed by atoms with Crippen molar-refractivity contribution in [1.82, 2.24) is 5.32 Å². The fourth-order valence-electron chi connectivity index (χ4n) is 2.91. The van der Waals surface area contributed by atoms with Crippen molar-refractivity contribution in [1.29, 1.82) is 0 Å². The molecule has 1 saturated heterocycles. The number of hydrogen-bond acceptors (Lipinski definition) is 4. The first-order valence-electron chi connectivity index (χ1n) is 7.04. The molecular formula is C15H20N2O3. The number of carbonyl (C=O) groups excluding carboxylic acids is 1. The van der Waals surface area contributed by atoms with E-state index >= 15 is 0 Å². The lowest BCUT2D eigenvalue weighted by atomic mass is 10.1. The Morgan fingerprint density at radius 1 is 1.50 bits per heavy atom. The molecule has 108 valence electrons. The Bertz CT molecular complexity index is 518. The summed E-state index contributed by atoms with van der Waals surface area (Å²) in [5, 5.41) is 3.26. The zero-order valence-corrected chi connectivity index (χ0v) is 11.9. The number of nitrogens with zero attached hydrogens (tertiary/aromatic N) is 1. The predicted molar refractivity (Wildman–Crippen MR) is 76.3 cm³/mol. The molecule has 2 atom stereocenters. The quantitative estimate of drug-likeness (QED) is 0.874. The number of fused-ring (bicyclic) bond motifs is 1. The Hall–Kier alpha value is -1.59. The van der Waals surface area contributed by atoms with Crippen molar-refractivity contribution in [2.75, 3.05) is 31.7 Å². The highest BCUT2D eigenvalue weighted by Crippen LogP contribution is 2.32. The van der Waals surface area contributed by atoms with Crippen molar-refractivity contribution in [2.24, 2.45) is 0 Å². The highest BCUT2D eigenvalue weighted by molar-refractivity contribution is 5.99. The molecule has 20 heavy (non-hydrogen) atoms. The van der Waals surface area contributed by atoms with Gasteiger partial charge < -0.3 is 19.7 Å². The normalized spacial score (nSPS) is 25.4. The number of amides is 1. The second-order valence-corrected chi connectivity index (χ2v) is 5.24. The first-order valence-corrected chi connectivity index (χ1v) is 7.04. The van der Waals surface area contributed by atoms with E-state index in [0.717, 1.165) is 30.9 Å². The van der Waals surface area contributed by atoms with Crippen molar-refractivity contribution < 1.29 is 14.3 Å². The maximum absolute atomic E-state index is 12.7. The lowest BCUT2D eigenvalue weighted by molar-refractivity contribution is -0.126. The molecule has 1 N–H and O–H groups in total. The van der Waals surface area contributed by atoms with Gasteiger partial charge in [-0.25, -0.2) is 0 Å². The molecule has 3 rings (SSSR count). The number of nitrogens with one attached hydrogen (secondary N) is 1. The van der Waals surface area contributed by atoms with Gasteiger partial charge in [0, 0.05) is 18.8 Å². The molecule has 0 radical (unpaired) electrons. The molecule has 0 bridgehead atoms. The molecule has 0 spiro atoms. The van der Waals surface area contributed by atoms with Crippen LogP contribution in [0.25, 0.3) is 0 Å². The number of benzene rings is 1. The van der Waals surface area contributed by atoms with Gasteiger partial charge in [-0.1, -0.05) is 0 Å². The van der Waals surface area contributed by atoms with Gasteiger partial charge in [-0.3, -0.25) is 4.79 Å². The molecule has 0 aliphatic carbocycles. The fourth-order valence-corrected chi connectivity index (χ4v) is 2.91. The summed E-state index contributed by atoms with van der Waals surface area (Å²) in [6.07, 6.45) is 0.791. The molecule has 2 aliphatic rings. The Kier molecular flexibility index (Phi) is 3.63. The summed E-state index contributed by atoms with van der Waals surface area (Å²) in [6.45, 7) is 4.06. The number of carbonyl (C=O) groups is 1. The molecule has 0 unspecified atom stereocenters. The topological polar surface area (TPSA) is 50.8 Å². The van der Waals surface area contributed by atoms with E-state index in [1.54, 1.807) is 7.11 Å². The van der Waals surface area contributed by atoms with E-state index in [0.29, 0.717) is 6.61 Å². The first kappa shape index (κ1) is 13.4. The highest BCUT2D eigenvalue weighted by Gasteiger charge is 2.35. The maximum Gasteiger partial charge on any atom is 0.246 e. The van der Waals surface area contributed by atoms with Crippen molar-refractivity contribution in [3.8, 4) is 5.75 Å². The summed E-state index contributed by atoms with van der Waals surface area (Å²) in [4.78, 5) is 14.5. The van der Waals surface area contributed by atoms with Crippen LogP contribution in [0.5, 0.6) is 5.75 Å². The molecule has 2 aliphatic heterocycles. The van der Waals surface area contributed by atoms with Crippen LogP contribution in [-0.4, -0.2) is 44.9 Å². The van der Waals surface area contributed by atoms with E-state index in [1.165, 1.54) is 5.56 Å². The minimum absolute atomic E-state index is 0.0847. The van der Waals surface area contributed by atoms with Gasteiger partial charge in [0.15, 0.2) is 0 Å². The molecular weight excluding hydrogens is 256 g/mol. The predicted octanol–water partition coefficient (Wildman–Crippen LogP) is 0.961. The van der Waals surface area contributed by atoms with Gasteiger partial charge in [0.05, 0.1) is 19.8 Å². The minimum atomic E-state index is -0.253. The first-order chi connectivity index (χ1) is 9.70. The molecule has 1 aromatic rings. The van der Waals surface area contributed by atoms with Crippen LogP contribution in [0, 0.1) is 0 Å². The summed E-state index contributed by atoms with van der Waals surface area (Å²) in [5.74, 6) is 0.937. The van der Waals surface area contributed by atoms with Crippen LogP contribution in [0.3, 0.4) is 0 Å². The zero-order chi connectivity index (χ0) is 14.1. The maximum atomic E-state index is 12.7. The van der Waals surface area contributed by atoms with E-state index in [-0.39, 0.29) is 18.1 Å². The molecule has 5 heteroatoms. The molecule has 5 nitrogen and oxygen atoms in total. The second-order valence-electron chi connectivity index (χ2n) is 5.24. The largest absolute Gasteiger partial charge is 0.497 e. The van der Waals surface area contributed by atoms with Gasteiger partial charge in [0.1, 0.15) is 11.8 Å². The number of methoxy groups -OCH3 is 1. The van der Waals surface area contributed by atoms with Crippen LogP contribution in [0.2, 0.25) is 0 Å². The Morgan fingerprint density at radius 3 is 3.10 bits per heavy atom. The van der Waals surface area contributed by atoms with Gasteiger partial charge in [0.25, 0.3) is 0 Å². The number of hydrogen-bond donors (Lipinski definition) is 1. The third-order valence-electron chi connectivity index (χ3n) is 4.03. The summed E-state index contributed by atoms with van der Waals surface area (Å²) >= 11 is 0. The van der Waals surface area contributed by atoms with Crippen molar-refractivity contribution in [3.05, 3.63) is 23.8 Å². The van der Waals surface area contributed by atoms with Crippen LogP contribution in [-0.2, 0) is 16.0 Å². The summed E-state index contributed by atoms with van der Waals surface area (Å²) < 4.78 is 10.8. The van der Waals surface area contributed by atoms with E-state index in [9.17, 15) is 4.79 Å². The van der Waals surface area contributed by atoms with Gasteiger partial charge in [-0.05, 0) is 37.1 Å². The van der Waals surface area contributed by atoms with E-state index in [1.807, 2.05) is 30.0 Å². The zero-order valence-electron chi connectivity index (χ0n) is 11.9. The van der Waals surface area contributed by atoms with Gasteiger partial charge in [0.2, 0.25) is 5.91 Å². The molecule has 2 heterocycles. The van der Waals surface area contributed by atoms with Crippen LogP contribution in [0.1, 0.15) is 12.5 Å². The van der Waals surface area contributed by atoms with Crippen LogP contribution in [0.4, 0.5) is 5.69 Å². The van der Waals surface area contributed by atoms with Crippen molar-refractivity contribution in [3.63, 3.8) is 0 Å². The lowest BCUT2D eigenvalue weighted by Gasteiger charge is -2.32. The minimum Gasteiger partial charge on any atom is -0.497 e. The van der Waals surface area contributed by atoms with Crippen molar-refractivity contribution >= 4 is 11.6 Å². The Labute approximate surface area is 118 Å². The summed E-state index contributed by atoms with van der Waals surface area (Å²) in [5.41, 5.74) is 2.16. The third-order valence-corrected chi connectivity index (χ3v) is 4.03.